The second-order valence-corrected chi connectivity index (χ2v) is 12.0. The average molecular weight is 508 g/mol. The zero-order valence-electron chi connectivity index (χ0n) is 22.7. The number of hydrogen-bond donors (Lipinski definition) is 0. The van der Waals surface area contributed by atoms with Gasteiger partial charge in [-0.05, 0) is 106 Å². The van der Waals surface area contributed by atoms with Crippen molar-refractivity contribution in [3.05, 3.63) is 114 Å². The molecule has 2 aliphatic rings. The van der Waals surface area contributed by atoms with Gasteiger partial charge >= 0.3 is 0 Å². The van der Waals surface area contributed by atoms with Crippen molar-refractivity contribution in [2.24, 2.45) is 0 Å². The maximum atomic E-state index is 2.56. The van der Waals surface area contributed by atoms with Crippen molar-refractivity contribution in [1.82, 2.24) is 8.97 Å². The van der Waals surface area contributed by atoms with E-state index in [1.54, 1.807) is 0 Å². The van der Waals surface area contributed by atoms with E-state index < -0.39 is 0 Å². The molecule has 0 N–H and O–H groups in total. The first-order chi connectivity index (χ1) is 19.6. The molecule has 8 aromatic rings. The lowest BCUT2D eigenvalue weighted by atomic mass is 9.32. The SMILES string of the molecule is Cc1cc2c3c(c1)-n1c4c(cccc4n4c5c(C)cc(C)cc5cc14)B3c1cccc3c1c-2cc1ccccc13. The highest BCUT2D eigenvalue weighted by Crippen LogP contribution is 2.41. The molecule has 0 unspecified atom stereocenters. The van der Waals surface area contributed by atoms with Crippen LogP contribution in [0.15, 0.2) is 97.1 Å². The molecule has 2 aromatic heterocycles. The zero-order chi connectivity index (χ0) is 26.4. The Hall–Kier alpha value is -4.76. The summed E-state index contributed by atoms with van der Waals surface area (Å²) >= 11 is 0. The van der Waals surface area contributed by atoms with Gasteiger partial charge in [0.1, 0.15) is 5.65 Å². The second-order valence-electron chi connectivity index (χ2n) is 12.0. The van der Waals surface area contributed by atoms with Gasteiger partial charge in [-0.1, -0.05) is 77.8 Å². The monoisotopic (exact) mass is 508 g/mol. The first kappa shape index (κ1) is 21.1. The van der Waals surface area contributed by atoms with Gasteiger partial charge in [-0.2, -0.15) is 0 Å². The maximum absolute atomic E-state index is 2.56. The molecule has 3 heteroatoms. The number of benzene rings is 6. The minimum Gasteiger partial charge on any atom is -0.295 e. The lowest BCUT2D eigenvalue weighted by Crippen LogP contribution is -2.58. The normalized spacial score (nSPS) is 13.3. The van der Waals surface area contributed by atoms with Crippen LogP contribution in [0.25, 0.3) is 65.9 Å². The summed E-state index contributed by atoms with van der Waals surface area (Å²) in [5, 5.41) is 6.73. The van der Waals surface area contributed by atoms with Gasteiger partial charge in [0, 0.05) is 11.1 Å². The van der Waals surface area contributed by atoms with Crippen LogP contribution in [-0.2, 0) is 0 Å². The summed E-state index contributed by atoms with van der Waals surface area (Å²) in [5.41, 5.74) is 17.5. The topological polar surface area (TPSA) is 9.34 Å². The molecule has 6 aromatic carbocycles. The number of hydrogen-bond acceptors (Lipinski definition) is 0. The molecule has 4 heterocycles. The number of imidazole rings is 1. The molecule has 0 spiro atoms. The van der Waals surface area contributed by atoms with Crippen molar-refractivity contribution in [1.29, 1.82) is 0 Å². The van der Waals surface area contributed by atoms with Crippen LogP contribution in [0.2, 0.25) is 0 Å². The van der Waals surface area contributed by atoms with Gasteiger partial charge in [-0.3, -0.25) is 8.97 Å². The number of aromatic nitrogens is 2. The predicted molar refractivity (Wildman–Crippen MR) is 171 cm³/mol. The highest BCUT2D eigenvalue weighted by molar-refractivity contribution is 7.00. The number of rotatable bonds is 0. The van der Waals surface area contributed by atoms with E-state index in [1.807, 2.05) is 0 Å². The quantitative estimate of drug-likeness (QED) is 0.153. The third-order valence-corrected chi connectivity index (χ3v) is 9.61. The Labute approximate surface area is 232 Å². The minimum atomic E-state index is 0.202. The van der Waals surface area contributed by atoms with Crippen molar-refractivity contribution >= 4 is 72.2 Å². The molecule has 10 rings (SSSR count). The summed E-state index contributed by atoms with van der Waals surface area (Å²) in [6.45, 7) is 6.91. The summed E-state index contributed by atoms with van der Waals surface area (Å²) in [6.07, 6.45) is 0. The third-order valence-electron chi connectivity index (χ3n) is 9.61. The highest BCUT2D eigenvalue weighted by atomic mass is 15.1. The summed E-state index contributed by atoms with van der Waals surface area (Å²) < 4.78 is 5.07. The third kappa shape index (κ3) is 2.31. The van der Waals surface area contributed by atoms with Gasteiger partial charge < -0.3 is 0 Å². The first-order valence-corrected chi connectivity index (χ1v) is 14.2. The van der Waals surface area contributed by atoms with E-state index in [0.717, 1.165) is 0 Å². The second kappa shape index (κ2) is 6.87. The maximum Gasteiger partial charge on any atom is 0.248 e. The molecule has 0 amide bonds. The number of nitrogens with zero attached hydrogens (tertiary/aromatic N) is 2. The Morgan fingerprint density at radius 1 is 0.600 bits per heavy atom. The molecule has 0 saturated carbocycles. The average Bonchev–Trinajstić information content (AvgIpc) is 3.48. The van der Waals surface area contributed by atoms with Crippen molar-refractivity contribution in [2.45, 2.75) is 20.8 Å². The van der Waals surface area contributed by atoms with Crippen molar-refractivity contribution in [3.63, 3.8) is 0 Å². The van der Waals surface area contributed by atoms with Gasteiger partial charge in [0.05, 0.1) is 16.6 Å². The van der Waals surface area contributed by atoms with E-state index in [9.17, 15) is 0 Å². The molecule has 40 heavy (non-hydrogen) atoms. The van der Waals surface area contributed by atoms with Gasteiger partial charge in [-0.25, -0.2) is 0 Å². The number of para-hydroxylation sites is 1. The van der Waals surface area contributed by atoms with Crippen LogP contribution in [0, 0.1) is 20.8 Å². The summed E-state index contributed by atoms with van der Waals surface area (Å²) in [7, 11) is 0. The summed E-state index contributed by atoms with van der Waals surface area (Å²) in [4.78, 5) is 0. The molecule has 186 valence electrons. The van der Waals surface area contributed by atoms with E-state index >= 15 is 0 Å². The standard InChI is InChI=1S/C37H25BN2/c1-20-14-22(3)36-24(15-20)19-33-39(36)31-13-7-12-30-37(31)40(33)32-17-21(2)16-28-27-18-23-8-4-5-9-25(23)26-10-6-11-29(34(26)27)38(30)35(28)32/h4-19H,1-3H3. The van der Waals surface area contributed by atoms with E-state index in [-0.39, 0.29) is 6.71 Å². The lowest BCUT2D eigenvalue weighted by molar-refractivity contribution is 1.15. The van der Waals surface area contributed by atoms with Crippen LogP contribution in [-0.4, -0.2) is 15.7 Å². The Bertz CT molecular complexity index is 2470. The number of aryl methyl sites for hydroxylation is 3. The smallest absolute Gasteiger partial charge is 0.248 e. The fraction of sp³-hybridized carbons (Fsp3) is 0.0811. The Kier molecular flexibility index (Phi) is 3.62. The zero-order valence-corrected chi connectivity index (χ0v) is 22.7. The molecule has 0 radical (unpaired) electrons. The Morgan fingerprint density at radius 2 is 1.40 bits per heavy atom. The van der Waals surface area contributed by atoms with Crippen LogP contribution in [0.4, 0.5) is 0 Å². The molecule has 2 aliphatic heterocycles. The van der Waals surface area contributed by atoms with E-state index in [1.165, 1.54) is 99.0 Å². The van der Waals surface area contributed by atoms with Crippen molar-refractivity contribution in [3.8, 4) is 16.8 Å². The van der Waals surface area contributed by atoms with Gasteiger partial charge in [-0.15, -0.1) is 0 Å². The summed E-state index contributed by atoms with van der Waals surface area (Å²) in [5.74, 6) is 0. The Balaban J connectivity index is 1.46. The van der Waals surface area contributed by atoms with Crippen molar-refractivity contribution in [2.75, 3.05) is 0 Å². The lowest BCUT2D eigenvalue weighted by Gasteiger charge is -2.34. The van der Waals surface area contributed by atoms with Crippen molar-refractivity contribution < 1.29 is 0 Å². The van der Waals surface area contributed by atoms with Crippen LogP contribution < -0.4 is 16.4 Å². The molecule has 0 bridgehead atoms. The first-order valence-electron chi connectivity index (χ1n) is 14.2. The molecule has 0 fully saturated rings. The summed E-state index contributed by atoms with van der Waals surface area (Å²) in [6, 6.07) is 37.1. The van der Waals surface area contributed by atoms with Gasteiger partial charge in [0.2, 0.25) is 6.71 Å². The Morgan fingerprint density at radius 3 is 2.33 bits per heavy atom. The highest BCUT2D eigenvalue weighted by Gasteiger charge is 2.40. The molecular formula is C37H25BN2. The van der Waals surface area contributed by atoms with Crippen LogP contribution in [0.5, 0.6) is 0 Å². The molecule has 0 atom stereocenters. The van der Waals surface area contributed by atoms with Crippen LogP contribution >= 0.6 is 0 Å². The molecule has 0 saturated heterocycles. The van der Waals surface area contributed by atoms with E-state index in [0.29, 0.717) is 0 Å². The fourth-order valence-electron chi connectivity index (χ4n) is 8.31. The van der Waals surface area contributed by atoms with E-state index in [4.69, 9.17) is 0 Å². The molecule has 0 aliphatic carbocycles. The van der Waals surface area contributed by atoms with Gasteiger partial charge in [0.25, 0.3) is 0 Å². The fourth-order valence-corrected chi connectivity index (χ4v) is 8.31. The number of fused-ring (bicyclic) bond motifs is 11. The molecule has 2 nitrogen and oxygen atoms in total. The van der Waals surface area contributed by atoms with E-state index in [2.05, 4.69) is 127 Å². The van der Waals surface area contributed by atoms with Crippen LogP contribution in [0.1, 0.15) is 16.7 Å². The van der Waals surface area contributed by atoms with Crippen LogP contribution in [0.3, 0.4) is 0 Å². The predicted octanol–water partition coefficient (Wildman–Crippen LogP) is 7.08. The minimum absolute atomic E-state index is 0.202. The molecular weight excluding hydrogens is 483 g/mol. The largest absolute Gasteiger partial charge is 0.295 e. The van der Waals surface area contributed by atoms with Gasteiger partial charge in [0.15, 0.2) is 0 Å².